The number of aliphatic hydroxyl groups excluding tert-OH is 1. The van der Waals surface area contributed by atoms with E-state index in [0.717, 1.165) is 42.6 Å². The molecular weight excluding hydrogens is 364 g/mol. The Bertz CT molecular complexity index is 881. The van der Waals surface area contributed by atoms with Crippen LogP contribution in [0.25, 0.3) is 0 Å². The van der Waals surface area contributed by atoms with Crippen LogP contribution < -0.4 is 5.32 Å². The van der Waals surface area contributed by atoms with Gasteiger partial charge in [0.2, 0.25) is 5.91 Å². The lowest BCUT2D eigenvalue weighted by Crippen LogP contribution is -2.44. The van der Waals surface area contributed by atoms with Crippen LogP contribution in [0.15, 0.2) is 30.3 Å². The number of anilines is 1. The van der Waals surface area contributed by atoms with Crippen LogP contribution in [-0.4, -0.2) is 46.2 Å². The van der Waals surface area contributed by atoms with Crippen molar-refractivity contribution < 1.29 is 9.90 Å². The number of amides is 1. The Morgan fingerprint density at radius 3 is 2.72 bits per heavy atom. The third-order valence-electron chi connectivity index (χ3n) is 5.94. The molecule has 1 aromatic heterocycles. The van der Waals surface area contributed by atoms with Gasteiger partial charge in [0.05, 0.1) is 12.1 Å². The van der Waals surface area contributed by atoms with Gasteiger partial charge < -0.3 is 15.0 Å². The molecule has 1 aliphatic rings. The Hall–Kier alpha value is -2.62. The smallest absolute Gasteiger partial charge is 0.239 e. The summed E-state index contributed by atoms with van der Waals surface area (Å²) in [4.78, 5) is 15.0. The quantitative estimate of drug-likeness (QED) is 0.756. The summed E-state index contributed by atoms with van der Waals surface area (Å²) >= 11 is 0. The van der Waals surface area contributed by atoms with Crippen LogP contribution in [-0.2, 0) is 11.3 Å². The van der Waals surface area contributed by atoms with Crippen LogP contribution in [0, 0.1) is 25.2 Å². The van der Waals surface area contributed by atoms with Crippen LogP contribution >= 0.6 is 0 Å². The van der Waals surface area contributed by atoms with Gasteiger partial charge in [-0.3, -0.25) is 9.69 Å². The molecule has 0 aliphatic carbocycles. The highest BCUT2D eigenvalue weighted by Crippen LogP contribution is 2.27. The highest BCUT2D eigenvalue weighted by Gasteiger charge is 2.25. The number of nitrogens with one attached hydrogen (secondary N) is 1. The zero-order valence-electron chi connectivity index (χ0n) is 17.3. The zero-order valence-corrected chi connectivity index (χ0v) is 17.3. The van der Waals surface area contributed by atoms with Crippen molar-refractivity contribution in [2.45, 2.75) is 52.1 Å². The highest BCUT2D eigenvalue weighted by molar-refractivity contribution is 5.93. The van der Waals surface area contributed by atoms with Gasteiger partial charge in [0.15, 0.2) is 0 Å². The number of likely N-dealkylation sites (tertiary alicyclic amines) is 1. The first-order chi connectivity index (χ1) is 14.0. The SMILES string of the molecule is Cc1c(C#N)c(NC(=O)CN2CCCCC2CCO)n(Cc2ccccc2)c1C. The van der Waals surface area contributed by atoms with Gasteiger partial charge >= 0.3 is 0 Å². The average Bonchev–Trinajstić information content (AvgIpc) is 2.94. The summed E-state index contributed by atoms with van der Waals surface area (Å²) in [5.74, 6) is 0.463. The summed E-state index contributed by atoms with van der Waals surface area (Å²) in [6.07, 6.45) is 3.92. The summed E-state index contributed by atoms with van der Waals surface area (Å²) in [5, 5.41) is 22.0. The molecule has 1 atom stereocenters. The van der Waals surface area contributed by atoms with Crippen molar-refractivity contribution >= 4 is 11.7 Å². The van der Waals surface area contributed by atoms with Gasteiger partial charge in [-0.2, -0.15) is 5.26 Å². The largest absolute Gasteiger partial charge is 0.396 e. The molecule has 29 heavy (non-hydrogen) atoms. The van der Waals surface area contributed by atoms with Gasteiger partial charge in [-0.05, 0) is 50.8 Å². The molecule has 0 saturated carbocycles. The van der Waals surface area contributed by atoms with Crippen molar-refractivity contribution in [3.05, 3.63) is 52.7 Å². The second-order valence-corrected chi connectivity index (χ2v) is 7.80. The zero-order chi connectivity index (χ0) is 20.8. The van der Waals surface area contributed by atoms with E-state index in [0.29, 0.717) is 24.3 Å². The molecule has 1 saturated heterocycles. The maximum atomic E-state index is 12.9. The van der Waals surface area contributed by atoms with E-state index in [9.17, 15) is 15.2 Å². The number of hydrogen-bond donors (Lipinski definition) is 2. The minimum Gasteiger partial charge on any atom is -0.396 e. The second-order valence-electron chi connectivity index (χ2n) is 7.80. The number of aliphatic hydroxyl groups is 1. The molecule has 2 N–H and O–H groups in total. The molecule has 1 unspecified atom stereocenters. The lowest BCUT2D eigenvalue weighted by atomic mass is 10.00. The standard InChI is InChI=1S/C23H30N4O2/c1-17-18(2)27(15-19-8-4-3-5-9-19)23(21(17)14-24)25-22(29)16-26-12-7-6-10-20(26)11-13-28/h3-5,8-9,20,28H,6-7,10-13,15-16H2,1-2H3,(H,25,29). The molecule has 0 radical (unpaired) electrons. The van der Waals surface area contributed by atoms with Crippen molar-refractivity contribution in [3.8, 4) is 6.07 Å². The number of piperidine rings is 1. The first-order valence-corrected chi connectivity index (χ1v) is 10.3. The number of benzene rings is 1. The molecule has 1 fully saturated rings. The van der Waals surface area contributed by atoms with E-state index in [4.69, 9.17) is 0 Å². The summed E-state index contributed by atoms with van der Waals surface area (Å²) in [5.41, 5.74) is 3.52. The number of carbonyl (C=O) groups excluding carboxylic acids is 1. The molecular formula is C23H30N4O2. The Balaban J connectivity index is 1.81. The molecule has 1 amide bonds. The first-order valence-electron chi connectivity index (χ1n) is 10.3. The molecule has 6 heteroatoms. The Morgan fingerprint density at radius 2 is 2.03 bits per heavy atom. The number of aromatic nitrogens is 1. The maximum absolute atomic E-state index is 12.9. The van der Waals surface area contributed by atoms with Crippen molar-refractivity contribution in [2.24, 2.45) is 0 Å². The lowest BCUT2D eigenvalue weighted by Gasteiger charge is -2.34. The third kappa shape index (κ3) is 4.87. The number of carbonyl (C=O) groups is 1. The molecule has 1 aliphatic heterocycles. The van der Waals surface area contributed by atoms with Gasteiger partial charge in [0, 0.05) is 24.9 Å². The van der Waals surface area contributed by atoms with Crippen molar-refractivity contribution in [1.82, 2.24) is 9.47 Å². The number of nitriles is 1. The van der Waals surface area contributed by atoms with Gasteiger partial charge in [-0.25, -0.2) is 0 Å². The minimum absolute atomic E-state index is 0.113. The Kier molecular flexibility index (Phi) is 7.08. The van der Waals surface area contributed by atoms with Gasteiger partial charge in [-0.1, -0.05) is 36.8 Å². The van der Waals surface area contributed by atoms with E-state index in [1.807, 2.05) is 48.7 Å². The van der Waals surface area contributed by atoms with E-state index >= 15 is 0 Å². The van der Waals surface area contributed by atoms with Crippen LogP contribution in [0.3, 0.4) is 0 Å². The van der Waals surface area contributed by atoms with E-state index in [-0.39, 0.29) is 25.1 Å². The summed E-state index contributed by atoms with van der Waals surface area (Å²) in [6, 6.07) is 12.5. The lowest BCUT2D eigenvalue weighted by molar-refractivity contribution is -0.118. The Labute approximate surface area is 172 Å². The monoisotopic (exact) mass is 394 g/mol. The number of hydrogen-bond acceptors (Lipinski definition) is 4. The predicted molar refractivity (Wildman–Crippen MR) is 114 cm³/mol. The molecule has 154 valence electrons. The molecule has 0 spiro atoms. The normalized spacial score (nSPS) is 17.1. The summed E-state index contributed by atoms with van der Waals surface area (Å²) in [7, 11) is 0. The predicted octanol–water partition coefficient (Wildman–Crippen LogP) is 3.20. The molecule has 1 aromatic carbocycles. The minimum atomic E-state index is -0.113. The van der Waals surface area contributed by atoms with Crippen molar-refractivity contribution in [3.63, 3.8) is 0 Å². The topological polar surface area (TPSA) is 81.3 Å². The van der Waals surface area contributed by atoms with E-state index in [1.54, 1.807) is 0 Å². The fourth-order valence-corrected chi connectivity index (χ4v) is 4.19. The fraction of sp³-hybridized carbons (Fsp3) is 0.478. The number of rotatable bonds is 7. The molecule has 6 nitrogen and oxygen atoms in total. The van der Waals surface area contributed by atoms with Crippen LogP contribution in [0.5, 0.6) is 0 Å². The molecule has 2 aromatic rings. The van der Waals surface area contributed by atoms with E-state index < -0.39 is 0 Å². The van der Waals surface area contributed by atoms with Crippen LogP contribution in [0.2, 0.25) is 0 Å². The molecule has 0 bridgehead atoms. The van der Waals surface area contributed by atoms with Crippen LogP contribution in [0.4, 0.5) is 5.82 Å². The van der Waals surface area contributed by atoms with E-state index in [1.165, 1.54) is 0 Å². The van der Waals surface area contributed by atoms with Gasteiger partial charge in [0.25, 0.3) is 0 Å². The maximum Gasteiger partial charge on any atom is 0.239 e. The second kappa shape index (κ2) is 9.73. The van der Waals surface area contributed by atoms with Gasteiger partial charge in [-0.15, -0.1) is 0 Å². The van der Waals surface area contributed by atoms with E-state index in [2.05, 4.69) is 16.3 Å². The fourth-order valence-electron chi connectivity index (χ4n) is 4.19. The number of nitrogens with zero attached hydrogens (tertiary/aromatic N) is 3. The Morgan fingerprint density at radius 1 is 1.28 bits per heavy atom. The average molecular weight is 395 g/mol. The highest BCUT2D eigenvalue weighted by atomic mass is 16.3. The third-order valence-corrected chi connectivity index (χ3v) is 5.94. The van der Waals surface area contributed by atoms with Gasteiger partial charge in [0.1, 0.15) is 11.9 Å². The molecule has 2 heterocycles. The first kappa shape index (κ1) is 21.1. The molecule has 3 rings (SSSR count). The summed E-state index contributed by atoms with van der Waals surface area (Å²) < 4.78 is 2.02. The van der Waals surface area contributed by atoms with Crippen molar-refractivity contribution in [2.75, 3.05) is 25.0 Å². The summed E-state index contributed by atoms with van der Waals surface area (Å²) in [6.45, 7) is 5.79. The van der Waals surface area contributed by atoms with Crippen LogP contribution in [0.1, 0.15) is 48.1 Å². The van der Waals surface area contributed by atoms with Crippen molar-refractivity contribution in [1.29, 1.82) is 5.26 Å².